The normalized spacial score (nSPS) is 22.9. The second kappa shape index (κ2) is 12.4. The Hall–Kier alpha value is -3.85. The molecule has 0 spiro atoms. The van der Waals surface area contributed by atoms with E-state index < -0.39 is 48.4 Å². The maximum Gasteiger partial charge on any atom is 0.338 e. The van der Waals surface area contributed by atoms with Gasteiger partial charge in [-0.3, -0.25) is 0 Å². The van der Waals surface area contributed by atoms with Gasteiger partial charge in [-0.05, 0) is 48.9 Å². The molecule has 8 nitrogen and oxygen atoms in total. The molecule has 0 N–H and O–H groups in total. The van der Waals surface area contributed by atoms with Crippen molar-refractivity contribution >= 4 is 23.7 Å². The number of benzene rings is 3. The van der Waals surface area contributed by atoms with Crippen LogP contribution in [0.2, 0.25) is 0 Å². The number of halogens is 1. The first-order valence-corrected chi connectivity index (χ1v) is 12.4. The van der Waals surface area contributed by atoms with E-state index in [-0.39, 0.29) is 11.1 Å². The Morgan fingerprint density at radius 2 is 1.46 bits per heavy atom. The van der Waals surface area contributed by atoms with Gasteiger partial charge >= 0.3 is 11.9 Å². The monoisotopic (exact) mass is 521 g/mol. The van der Waals surface area contributed by atoms with Crippen molar-refractivity contribution in [1.82, 2.24) is 0 Å². The molecule has 5 atom stereocenters. The lowest BCUT2D eigenvalue weighted by atomic mass is 9.98. The van der Waals surface area contributed by atoms with Gasteiger partial charge in [0.1, 0.15) is 24.3 Å². The molecule has 0 aliphatic carbocycles. The van der Waals surface area contributed by atoms with Crippen molar-refractivity contribution < 1.29 is 28.2 Å². The fourth-order valence-corrected chi connectivity index (χ4v) is 4.96. The van der Waals surface area contributed by atoms with Gasteiger partial charge in [0.05, 0.1) is 11.1 Å². The van der Waals surface area contributed by atoms with Crippen molar-refractivity contribution in [2.75, 3.05) is 6.67 Å². The number of esters is 2. The largest absolute Gasteiger partial charge is 0.454 e. The third-order valence-corrected chi connectivity index (χ3v) is 6.90. The Labute approximate surface area is 217 Å². The molecule has 3 aromatic carbocycles. The Kier molecular flexibility index (Phi) is 8.79. The van der Waals surface area contributed by atoms with Crippen molar-refractivity contribution in [2.24, 2.45) is 5.11 Å². The lowest BCUT2D eigenvalue weighted by Crippen LogP contribution is -2.59. The maximum atomic E-state index is 14.3. The summed E-state index contributed by atoms with van der Waals surface area (Å²) >= 11 is 1.20. The number of alkyl halides is 1. The van der Waals surface area contributed by atoms with E-state index in [0.29, 0.717) is 0 Å². The number of carbonyl (C=O) groups is 2. The molecule has 1 fully saturated rings. The summed E-state index contributed by atoms with van der Waals surface area (Å²) in [7, 11) is 0. The van der Waals surface area contributed by atoms with Gasteiger partial charge in [-0.25, -0.2) is 14.0 Å². The summed E-state index contributed by atoms with van der Waals surface area (Å²) in [5, 5.41) is 3.85. The Morgan fingerprint density at radius 1 is 0.919 bits per heavy atom. The number of ether oxygens (including phenoxy) is 3. The number of hydrogen-bond donors (Lipinski definition) is 0. The number of hydrogen-bond acceptors (Lipinski definition) is 7. The molecule has 10 heteroatoms. The van der Waals surface area contributed by atoms with Crippen molar-refractivity contribution in [1.29, 1.82) is 0 Å². The SMILES string of the molecule is Cc1ccc(S[C@@H]2O[C@H](CF)[C@@H](OC(=O)c3ccccc3)[C@H](OC(=O)c3ccccc3)[C@H]2N=[N+]=[N-])cc1. The summed E-state index contributed by atoms with van der Waals surface area (Å²) in [6.45, 7) is 0.915. The van der Waals surface area contributed by atoms with Crippen molar-refractivity contribution in [3.05, 3.63) is 112 Å². The Balaban J connectivity index is 1.69. The fraction of sp³-hybridized carbons (Fsp3) is 0.259. The number of thioether (sulfide) groups is 1. The van der Waals surface area contributed by atoms with E-state index in [1.54, 1.807) is 60.7 Å². The zero-order valence-electron chi connectivity index (χ0n) is 19.8. The molecule has 3 aromatic rings. The van der Waals surface area contributed by atoms with E-state index in [1.165, 1.54) is 11.8 Å². The van der Waals surface area contributed by atoms with Crippen LogP contribution in [0.4, 0.5) is 4.39 Å². The summed E-state index contributed by atoms with van der Waals surface area (Å²) in [6, 6.07) is 22.7. The van der Waals surface area contributed by atoms with E-state index in [0.717, 1.165) is 10.5 Å². The number of rotatable bonds is 8. The van der Waals surface area contributed by atoms with E-state index in [1.807, 2.05) is 31.2 Å². The summed E-state index contributed by atoms with van der Waals surface area (Å²) in [6.07, 6.45) is -3.95. The average molecular weight is 522 g/mol. The molecule has 0 bridgehead atoms. The predicted molar refractivity (Wildman–Crippen MR) is 136 cm³/mol. The molecule has 1 saturated heterocycles. The van der Waals surface area contributed by atoms with Crippen LogP contribution in [-0.2, 0) is 14.2 Å². The number of aryl methyl sites for hydroxylation is 1. The van der Waals surface area contributed by atoms with E-state index in [9.17, 15) is 19.5 Å². The highest BCUT2D eigenvalue weighted by molar-refractivity contribution is 7.99. The summed E-state index contributed by atoms with van der Waals surface area (Å²) < 4.78 is 31.7. The molecule has 0 amide bonds. The van der Waals surface area contributed by atoms with Gasteiger partial charge in [0, 0.05) is 9.81 Å². The first-order valence-electron chi connectivity index (χ1n) is 11.5. The maximum absolute atomic E-state index is 14.3. The van der Waals surface area contributed by atoms with Crippen LogP contribution in [0.25, 0.3) is 10.4 Å². The second-order valence-corrected chi connectivity index (χ2v) is 9.47. The molecule has 1 aliphatic rings. The highest BCUT2D eigenvalue weighted by atomic mass is 32.2. The topological polar surface area (TPSA) is 111 Å². The van der Waals surface area contributed by atoms with Gasteiger partial charge in [-0.1, -0.05) is 71.0 Å². The van der Waals surface area contributed by atoms with Crippen LogP contribution in [0, 0.1) is 6.92 Å². The molecule has 4 rings (SSSR count). The van der Waals surface area contributed by atoms with Gasteiger partial charge in [0.25, 0.3) is 0 Å². The molecular formula is C27H24FN3O5S. The smallest absolute Gasteiger partial charge is 0.338 e. The third-order valence-electron chi connectivity index (χ3n) is 5.73. The van der Waals surface area contributed by atoms with Crippen LogP contribution in [0.1, 0.15) is 26.3 Å². The first kappa shape index (κ1) is 26.2. The van der Waals surface area contributed by atoms with Gasteiger partial charge in [-0.15, -0.1) is 0 Å². The number of nitrogens with zero attached hydrogens (tertiary/aromatic N) is 3. The Morgan fingerprint density at radius 3 is 1.97 bits per heavy atom. The quantitative estimate of drug-likeness (QED) is 0.158. The van der Waals surface area contributed by atoms with Gasteiger partial charge < -0.3 is 14.2 Å². The highest BCUT2D eigenvalue weighted by Crippen LogP contribution is 2.38. The predicted octanol–water partition coefficient (Wildman–Crippen LogP) is 5.91. The summed E-state index contributed by atoms with van der Waals surface area (Å²) in [5.74, 6) is -1.49. The molecule has 0 saturated carbocycles. The molecule has 0 radical (unpaired) electrons. The van der Waals surface area contributed by atoms with Crippen molar-refractivity contribution in [2.45, 2.75) is 41.6 Å². The molecule has 1 aliphatic heterocycles. The zero-order chi connectivity index (χ0) is 26.2. The highest BCUT2D eigenvalue weighted by Gasteiger charge is 2.50. The molecule has 37 heavy (non-hydrogen) atoms. The summed E-state index contributed by atoms with van der Waals surface area (Å²) in [5.41, 5.74) is 9.94. The lowest BCUT2D eigenvalue weighted by Gasteiger charge is -2.43. The number of azide groups is 1. The lowest BCUT2D eigenvalue weighted by molar-refractivity contribution is -0.163. The average Bonchev–Trinajstić information content (AvgIpc) is 2.93. The number of carbonyl (C=O) groups excluding carboxylic acids is 2. The standard InChI is InChI=1S/C27H24FN3O5S/c1-17-12-14-20(15-13-17)37-27-22(30-31-29)24(36-26(33)19-10-6-3-7-11-19)23(21(16-28)34-27)35-25(32)18-8-4-2-5-9-18/h2-15,21-24,27H,16H2,1H3/t21-,22-,23-,24-,27+/m1/s1. The minimum Gasteiger partial charge on any atom is -0.454 e. The van der Waals surface area contributed by atoms with Crippen LogP contribution in [0.5, 0.6) is 0 Å². The molecular weight excluding hydrogens is 497 g/mol. The molecule has 0 aromatic heterocycles. The fourth-order valence-electron chi connectivity index (χ4n) is 3.85. The van der Waals surface area contributed by atoms with Gasteiger partial charge in [0.15, 0.2) is 12.2 Å². The van der Waals surface area contributed by atoms with Crippen molar-refractivity contribution in [3.63, 3.8) is 0 Å². The molecule has 1 heterocycles. The Bertz CT molecular complexity index is 1260. The molecule has 0 unspecified atom stereocenters. The van der Waals surface area contributed by atoms with Gasteiger partial charge in [0.2, 0.25) is 0 Å². The summed E-state index contributed by atoms with van der Waals surface area (Å²) in [4.78, 5) is 29.6. The zero-order valence-corrected chi connectivity index (χ0v) is 20.7. The van der Waals surface area contributed by atoms with E-state index in [2.05, 4.69) is 10.0 Å². The first-order chi connectivity index (χ1) is 18.0. The second-order valence-electron chi connectivity index (χ2n) is 8.30. The minimum atomic E-state index is -1.37. The van der Waals surface area contributed by atoms with Gasteiger partial charge in [-0.2, -0.15) is 0 Å². The minimum absolute atomic E-state index is 0.227. The van der Waals surface area contributed by atoms with E-state index in [4.69, 9.17) is 14.2 Å². The van der Waals surface area contributed by atoms with Crippen LogP contribution >= 0.6 is 11.8 Å². The molecule has 190 valence electrons. The van der Waals surface area contributed by atoms with Crippen LogP contribution < -0.4 is 0 Å². The third kappa shape index (κ3) is 6.48. The van der Waals surface area contributed by atoms with Crippen molar-refractivity contribution in [3.8, 4) is 0 Å². The van der Waals surface area contributed by atoms with Crippen LogP contribution in [0.15, 0.2) is 94.9 Å². The van der Waals surface area contributed by atoms with Crippen LogP contribution in [0.3, 0.4) is 0 Å². The van der Waals surface area contributed by atoms with E-state index >= 15 is 0 Å². The van der Waals surface area contributed by atoms with Crippen LogP contribution in [-0.4, -0.2) is 48.4 Å².